The van der Waals surface area contributed by atoms with Gasteiger partial charge in [-0.2, -0.15) is 0 Å². The fourth-order valence-corrected chi connectivity index (χ4v) is 3.86. The lowest BCUT2D eigenvalue weighted by Crippen LogP contribution is -2.36. The first kappa shape index (κ1) is 21.4. The van der Waals surface area contributed by atoms with E-state index in [1.807, 2.05) is 43.3 Å². The standard InChI is InChI=1S/C20H27N3O5S/c1-21-29(25,26)19-11-10-18(28-19)20(24)23(14-17-5-4-12-27-17)13-15-6-8-16(9-7-15)22(2)3/h6-11,17,21H,4-5,12-14H2,1-3H3. The van der Waals surface area contributed by atoms with Gasteiger partial charge in [0.05, 0.1) is 6.10 Å². The molecule has 1 aliphatic heterocycles. The van der Waals surface area contributed by atoms with Gasteiger partial charge in [0.25, 0.3) is 15.9 Å². The van der Waals surface area contributed by atoms with Crippen LogP contribution in [0.1, 0.15) is 29.0 Å². The number of amides is 1. The first-order valence-corrected chi connectivity index (χ1v) is 11.0. The van der Waals surface area contributed by atoms with Crippen molar-refractivity contribution in [3.8, 4) is 0 Å². The zero-order chi connectivity index (χ0) is 21.0. The van der Waals surface area contributed by atoms with Gasteiger partial charge in [-0.15, -0.1) is 0 Å². The minimum absolute atomic E-state index is 0.0123. The van der Waals surface area contributed by atoms with Crippen molar-refractivity contribution in [1.29, 1.82) is 0 Å². The summed E-state index contributed by atoms with van der Waals surface area (Å²) in [4.78, 5) is 16.7. The van der Waals surface area contributed by atoms with E-state index >= 15 is 0 Å². The summed E-state index contributed by atoms with van der Waals surface area (Å²) in [6.07, 6.45) is 1.83. The molecule has 3 rings (SSSR count). The Hall–Kier alpha value is -2.36. The molecular weight excluding hydrogens is 394 g/mol. The molecule has 0 saturated carbocycles. The van der Waals surface area contributed by atoms with Gasteiger partial charge in [-0.1, -0.05) is 12.1 Å². The van der Waals surface area contributed by atoms with Gasteiger partial charge in [0.2, 0.25) is 5.09 Å². The van der Waals surface area contributed by atoms with Crippen molar-refractivity contribution < 1.29 is 22.4 Å². The third-order valence-electron chi connectivity index (χ3n) is 4.89. The maximum atomic E-state index is 13.1. The first-order chi connectivity index (χ1) is 13.8. The summed E-state index contributed by atoms with van der Waals surface area (Å²) in [5.41, 5.74) is 2.04. The van der Waals surface area contributed by atoms with Crippen molar-refractivity contribution >= 4 is 21.6 Å². The summed E-state index contributed by atoms with van der Waals surface area (Å²) in [5.74, 6) is -0.378. The smallest absolute Gasteiger partial charge is 0.290 e. The average Bonchev–Trinajstić information content (AvgIpc) is 3.39. The van der Waals surface area contributed by atoms with Gasteiger partial charge < -0.3 is 19.0 Å². The molecule has 1 amide bonds. The number of benzene rings is 1. The largest absolute Gasteiger partial charge is 0.438 e. The summed E-state index contributed by atoms with van der Waals surface area (Å²) >= 11 is 0. The quantitative estimate of drug-likeness (QED) is 0.702. The van der Waals surface area contributed by atoms with Crippen LogP contribution in [0.4, 0.5) is 5.69 Å². The summed E-state index contributed by atoms with van der Waals surface area (Å²) in [6.45, 7) is 1.49. The van der Waals surface area contributed by atoms with E-state index in [4.69, 9.17) is 9.15 Å². The molecule has 2 heterocycles. The van der Waals surface area contributed by atoms with Gasteiger partial charge in [-0.3, -0.25) is 4.79 Å². The molecular formula is C20H27N3O5S. The van der Waals surface area contributed by atoms with Crippen molar-refractivity contribution in [3.63, 3.8) is 0 Å². The topological polar surface area (TPSA) is 92.1 Å². The Morgan fingerprint density at radius 1 is 1.17 bits per heavy atom. The second-order valence-electron chi connectivity index (χ2n) is 7.21. The Bertz CT molecular complexity index is 931. The summed E-state index contributed by atoms with van der Waals surface area (Å²) in [5, 5.41) is -0.282. The van der Waals surface area contributed by atoms with Gasteiger partial charge in [0, 0.05) is 39.5 Å². The Balaban J connectivity index is 1.81. The molecule has 0 bridgehead atoms. The molecule has 158 valence electrons. The molecule has 1 atom stereocenters. The Morgan fingerprint density at radius 3 is 2.48 bits per heavy atom. The van der Waals surface area contributed by atoms with Crippen molar-refractivity contribution in [2.75, 3.05) is 39.2 Å². The summed E-state index contributed by atoms with van der Waals surface area (Å²) in [7, 11) is 1.48. The number of carbonyl (C=O) groups excluding carboxylic acids is 1. The van der Waals surface area contributed by atoms with Gasteiger partial charge in [0.15, 0.2) is 5.76 Å². The fraction of sp³-hybridized carbons (Fsp3) is 0.450. The molecule has 1 fully saturated rings. The van der Waals surface area contributed by atoms with Crippen LogP contribution in [0.15, 0.2) is 45.9 Å². The highest BCUT2D eigenvalue weighted by atomic mass is 32.2. The van der Waals surface area contributed by atoms with Crippen molar-refractivity contribution in [3.05, 3.63) is 47.7 Å². The minimum atomic E-state index is -3.75. The van der Waals surface area contributed by atoms with Crippen molar-refractivity contribution in [1.82, 2.24) is 9.62 Å². The highest BCUT2D eigenvalue weighted by Crippen LogP contribution is 2.21. The molecule has 2 aromatic rings. The molecule has 1 aromatic carbocycles. The van der Waals surface area contributed by atoms with Crippen LogP contribution in [0.2, 0.25) is 0 Å². The van der Waals surface area contributed by atoms with Gasteiger partial charge in [0.1, 0.15) is 0 Å². The lowest BCUT2D eigenvalue weighted by molar-refractivity contribution is 0.0480. The van der Waals surface area contributed by atoms with Gasteiger partial charge in [-0.05, 0) is 49.7 Å². The molecule has 9 heteroatoms. The van der Waals surface area contributed by atoms with Gasteiger partial charge in [-0.25, -0.2) is 13.1 Å². The number of nitrogens with zero attached hydrogens (tertiary/aromatic N) is 2. The number of sulfonamides is 1. The number of hydrogen-bond acceptors (Lipinski definition) is 6. The lowest BCUT2D eigenvalue weighted by Gasteiger charge is -2.25. The molecule has 29 heavy (non-hydrogen) atoms. The zero-order valence-electron chi connectivity index (χ0n) is 16.9. The van der Waals surface area contributed by atoms with Crippen LogP contribution in [-0.4, -0.2) is 59.6 Å². The van der Waals surface area contributed by atoms with Crippen LogP contribution in [0.3, 0.4) is 0 Å². The minimum Gasteiger partial charge on any atom is -0.438 e. The van der Waals surface area contributed by atoms with Crippen molar-refractivity contribution in [2.24, 2.45) is 0 Å². The average molecular weight is 422 g/mol. The number of furan rings is 1. The van der Waals surface area contributed by atoms with Gasteiger partial charge >= 0.3 is 0 Å². The Labute approximate surface area is 171 Å². The van der Waals surface area contributed by atoms with Crippen LogP contribution in [0.5, 0.6) is 0 Å². The maximum Gasteiger partial charge on any atom is 0.290 e. The number of nitrogens with one attached hydrogen (secondary N) is 1. The molecule has 1 aromatic heterocycles. The van der Waals surface area contributed by atoms with E-state index in [1.54, 1.807) is 4.90 Å². The van der Waals surface area contributed by atoms with E-state index in [9.17, 15) is 13.2 Å². The molecule has 1 unspecified atom stereocenters. The van der Waals surface area contributed by atoms with E-state index < -0.39 is 10.0 Å². The number of carbonyl (C=O) groups is 1. The summed E-state index contributed by atoms with van der Waals surface area (Å²) < 4.78 is 37.0. The predicted octanol–water partition coefficient (Wildman–Crippen LogP) is 2.08. The Kier molecular flexibility index (Phi) is 6.61. The first-order valence-electron chi connectivity index (χ1n) is 9.50. The van der Waals surface area contributed by atoms with E-state index in [0.29, 0.717) is 19.7 Å². The second kappa shape index (κ2) is 8.98. The monoisotopic (exact) mass is 421 g/mol. The van der Waals surface area contributed by atoms with Crippen molar-refractivity contribution in [2.45, 2.75) is 30.6 Å². The predicted molar refractivity (Wildman–Crippen MR) is 109 cm³/mol. The lowest BCUT2D eigenvalue weighted by atomic mass is 10.1. The molecule has 8 nitrogen and oxygen atoms in total. The van der Waals surface area contributed by atoms with E-state index in [2.05, 4.69) is 4.72 Å². The molecule has 1 saturated heterocycles. The number of hydrogen-bond donors (Lipinski definition) is 1. The van der Waals surface area contributed by atoms with Crippen LogP contribution >= 0.6 is 0 Å². The van der Waals surface area contributed by atoms with E-state index in [1.165, 1.54) is 19.2 Å². The fourth-order valence-electron chi connectivity index (χ4n) is 3.21. The summed E-state index contributed by atoms with van der Waals surface area (Å²) in [6, 6.07) is 10.6. The van der Waals surface area contributed by atoms with E-state index in [-0.39, 0.29) is 22.9 Å². The molecule has 0 radical (unpaired) electrons. The molecule has 0 spiro atoms. The maximum absolute atomic E-state index is 13.1. The third kappa shape index (κ3) is 5.17. The molecule has 0 aliphatic carbocycles. The van der Waals surface area contributed by atoms with Crippen LogP contribution < -0.4 is 9.62 Å². The highest BCUT2D eigenvalue weighted by Gasteiger charge is 2.27. The molecule has 1 N–H and O–H groups in total. The number of anilines is 1. The SMILES string of the molecule is CNS(=O)(=O)c1ccc(C(=O)N(Cc2ccc(N(C)C)cc2)CC2CCCO2)o1. The van der Waals surface area contributed by atoms with E-state index in [0.717, 1.165) is 24.1 Å². The second-order valence-corrected chi connectivity index (χ2v) is 9.03. The highest BCUT2D eigenvalue weighted by molar-refractivity contribution is 7.89. The number of ether oxygens (including phenoxy) is 1. The third-order valence-corrected chi connectivity index (χ3v) is 6.17. The Morgan fingerprint density at radius 2 is 1.90 bits per heavy atom. The number of rotatable bonds is 8. The zero-order valence-corrected chi connectivity index (χ0v) is 17.7. The van der Waals surface area contributed by atoms with Crippen LogP contribution in [0.25, 0.3) is 0 Å². The molecule has 1 aliphatic rings. The van der Waals surface area contributed by atoms with Crippen LogP contribution in [0, 0.1) is 0 Å². The normalized spacial score (nSPS) is 16.7. The van der Waals surface area contributed by atoms with Crippen LogP contribution in [-0.2, 0) is 21.3 Å².